The fraction of sp³-hybridized carbons (Fsp3) is 0.579. The number of carbonyl (C=O) groups is 1. The van der Waals surface area contributed by atoms with Crippen LogP contribution in [0.25, 0.3) is 0 Å². The zero-order chi connectivity index (χ0) is 21.4. The predicted molar refractivity (Wildman–Crippen MR) is 102 cm³/mol. The fourth-order valence-corrected chi connectivity index (χ4v) is 5.06. The fourth-order valence-electron chi connectivity index (χ4n) is 3.84. The SMILES string of the molecule is CC(C)CN(CC(F)(F)F)C(=O)C1CCCN(C2=NS(=O)(=O)c3ccccc32)C1. The first-order valence-corrected chi connectivity index (χ1v) is 11.0. The predicted octanol–water partition coefficient (Wildman–Crippen LogP) is 2.89. The van der Waals surface area contributed by atoms with Gasteiger partial charge in [-0.05, 0) is 30.9 Å². The molecule has 3 rings (SSSR count). The van der Waals surface area contributed by atoms with Crippen LogP contribution in [-0.2, 0) is 14.8 Å². The first kappa shape index (κ1) is 21.6. The zero-order valence-electron chi connectivity index (χ0n) is 16.3. The van der Waals surface area contributed by atoms with Crippen molar-refractivity contribution in [2.24, 2.45) is 16.2 Å². The van der Waals surface area contributed by atoms with Crippen molar-refractivity contribution >= 4 is 21.8 Å². The molecule has 1 aromatic rings. The molecular weight excluding hydrogens is 407 g/mol. The van der Waals surface area contributed by atoms with E-state index in [1.54, 1.807) is 36.9 Å². The van der Waals surface area contributed by atoms with Crippen molar-refractivity contribution < 1.29 is 26.4 Å². The van der Waals surface area contributed by atoms with Crippen LogP contribution in [0.15, 0.2) is 33.6 Å². The van der Waals surface area contributed by atoms with Gasteiger partial charge in [0.1, 0.15) is 11.4 Å². The summed E-state index contributed by atoms with van der Waals surface area (Å²) in [6.07, 6.45) is -3.44. The highest BCUT2D eigenvalue weighted by Gasteiger charge is 2.39. The van der Waals surface area contributed by atoms with Crippen molar-refractivity contribution in [2.75, 3.05) is 26.2 Å². The molecular formula is C19H24F3N3O3S. The number of rotatable bonds is 4. The summed E-state index contributed by atoms with van der Waals surface area (Å²) < 4.78 is 67.4. The van der Waals surface area contributed by atoms with Gasteiger partial charge in [-0.25, -0.2) is 0 Å². The molecule has 1 aromatic carbocycles. The number of amides is 1. The number of sulfonamides is 1. The first-order chi connectivity index (χ1) is 13.5. The van der Waals surface area contributed by atoms with E-state index in [0.717, 1.165) is 4.90 Å². The van der Waals surface area contributed by atoms with Crippen LogP contribution in [0.3, 0.4) is 0 Å². The second-order valence-electron chi connectivity index (χ2n) is 7.90. The summed E-state index contributed by atoms with van der Waals surface area (Å²) >= 11 is 0. The maximum atomic E-state index is 13.0. The molecule has 2 heterocycles. The third kappa shape index (κ3) is 4.91. The Hall–Kier alpha value is -2.10. The summed E-state index contributed by atoms with van der Waals surface area (Å²) in [6.45, 7) is 2.91. The number of nitrogens with zero attached hydrogens (tertiary/aromatic N) is 3. The molecule has 0 saturated carbocycles. The van der Waals surface area contributed by atoms with Gasteiger partial charge >= 0.3 is 6.18 Å². The second kappa shape index (κ2) is 7.97. The smallest absolute Gasteiger partial charge is 0.355 e. The van der Waals surface area contributed by atoms with Crippen LogP contribution in [0.1, 0.15) is 32.3 Å². The number of likely N-dealkylation sites (tertiary alicyclic amines) is 1. The van der Waals surface area contributed by atoms with Gasteiger partial charge in [0.25, 0.3) is 10.0 Å². The molecule has 1 amide bonds. The van der Waals surface area contributed by atoms with E-state index < -0.39 is 34.6 Å². The Morgan fingerprint density at radius 2 is 2.00 bits per heavy atom. The molecule has 29 heavy (non-hydrogen) atoms. The monoisotopic (exact) mass is 431 g/mol. The van der Waals surface area contributed by atoms with E-state index >= 15 is 0 Å². The molecule has 0 radical (unpaired) electrons. The lowest BCUT2D eigenvalue weighted by molar-refractivity contribution is -0.165. The highest BCUT2D eigenvalue weighted by molar-refractivity contribution is 7.90. The lowest BCUT2D eigenvalue weighted by Crippen LogP contribution is -2.49. The summed E-state index contributed by atoms with van der Waals surface area (Å²) in [5.74, 6) is -1.01. The summed E-state index contributed by atoms with van der Waals surface area (Å²) in [6, 6.07) is 6.44. The number of benzene rings is 1. The van der Waals surface area contributed by atoms with E-state index in [1.807, 2.05) is 0 Å². The van der Waals surface area contributed by atoms with Gasteiger partial charge in [-0.3, -0.25) is 4.79 Å². The van der Waals surface area contributed by atoms with Crippen LogP contribution >= 0.6 is 0 Å². The minimum Gasteiger partial charge on any atom is -0.355 e. The second-order valence-corrected chi connectivity index (χ2v) is 9.47. The number of alkyl halides is 3. The summed E-state index contributed by atoms with van der Waals surface area (Å²) in [5.41, 5.74) is 0.468. The van der Waals surface area contributed by atoms with Crippen molar-refractivity contribution in [1.82, 2.24) is 9.80 Å². The Bertz CT molecular complexity index is 913. The standard InChI is InChI=1S/C19H24F3N3O3S/c1-13(2)10-25(12-19(20,21)22)18(26)14-6-5-9-24(11-14)17-15-7-3-4-8-16(15)29(27,28)23-17/h3-4,7-8,13-14H,5-6,9-12H2,1-2H3. The Labute approximate surface area is 168 Å². The molecule has 1 unspecified atom stereocenters. The van der Waals surface area contributed by atoms with Crippen molar-refractivity contribution in [3.8, 4) is 0 Å². The number of carbonyl (C=O) groups excluding carboxylic acids is 1. The molecule has 6 nitrogen and oxygen atoms in total. The maximum absolute atomic E-state index is 13.0. The van der Waals surface area contributed by atoms with Crippen LogP contribution < -0.4 is 0 Å². The Balaban J connectivity index is 1.81. The number of hydrogen-bond donors (Lipinski definition) is 0. The van der Waals surface area contributed by atoms with Crippen molar-refractivity contribution in [3.05, 3.63) is 29.8 Å². The molecule has 1 atom stereocenters. The van der Waals surface area contributed by atoms with Gasteiger partial charge in [0.15, 0.2) is 5.84 Å². The first-order valence-electron chi connectivity index (χ1n) is 9.53. The summed E-state index contributed by atoms with van der Waals surface area (Å²) in [5, 5.41) is 0. The normalized spacial score (nSPS) is 21.1. The van der Waals surface area contributed by atoms with Crippen LogP contribution in [-0.4, -0.2) is 62.3 Å². The topological polar surface area (TPSA) is 70.1 Å². The molecule has 0 spiro atoms. The molecule has 2 aliphatic heterocycles. The lowest BCUT2D eigenvalue weighted by Gasteiger charge is -2.36. The highest BCUT2D eigenvalue weighted by Crippen LogP contribution is 2.30. The van der Waals surface area contributed by atoms with Gasteiger partial charge in [-0.2, -0.15) is 21.6 Å². The van der Waals surface area contributed by atoms with Crippen LogP contribution in [0, 0.1) is 11.8 Å². The van der Waals surface area contributed by atoms with E-state index in [1.165, 1.54) is 6.07 Å². The van der Waals surface area contributed by atoms with Crippen LogP contribution in [0.2, 0.25) is 0 Å². The molecule has 160 valence electrons. The minimum absolute atomic E-state index is 0.0208. The van der Waals surface area contributed by atoms with Gasteiger partial charge in [-0.1, -0.05) is 26.0 Å². The average Bonchev–Trinajstić information content (AvgIpc) is 2.91. The van der Waals surface area contributed by atoms with Gasteiger partial charge in [0.2, 0.25) is 5.91 Å². The highest BCUT2D eigenvalue weighted by atomic mass is 32.2. The molecule has 0 N–H and O–H groups in total. The third-order valence-electron chi connectivity index (χ3n) is 4.95. The molecule has 1 saturated heterocycles. The summed E-state index contributed by atoms with van der Waals surface area (Å²) in [4.78, 5) is 15.6. The minimum atomic E-state index is -4.47. The molecule has 0 aliphatic carbocycles. The third-order valence-corrected chi connectivity index (χ3v) is 6.28. The van der Waals surface area contributed by atoms with E-state index in [-0.39, 0.29) is 29.7 Å². The Morgan fingerprint density at radius 3 is 2.66 bits per heavy atom. The van der Waals surface area contributed by atoms with E-state index in [2.05, 4.69) is 4.40 Å². The van der Waals surface area contributed by atoms with Gasteiger partial charge in [0, 0.05) is 25.2 Å². The van der Waals surface area contributed by atoms with Gasteiger partial charge in [-0.15, -0.1) is 4.40 Å². The largest absolute Gasteiger partial charge is 0.406 e. The molecule has 0 aromatic heterocycles. The van der Waals surface area contributed by atoms with Crippen LogP contribution in [0.5, 0.6) is 0 Å². The van der Waals surface area contributed by atoms with Crippen molar-refractivity contribution in [3.63, 3.8) is 0 Å². The zero-order valence-corrected chi connectivity index (χ0v) is 17.1. The molecule has 10 heteroatoms. The van der Waals surface area contributed by atoms with Gasteiger partial charge < -0.3 is 9.80 Å². The maximum Gasteiger partial charge on any atom is 0.406 e. The Kier molecular flexibility index (Phi) is 5.93. The summed E-state index contributed by atoms with van der Waals surface area (Å²) in [7, 11) is -3.80. The van der Waals surface area contributed by atoms with Gasteiger partial charge in [0.05, 0.1) is 5.92 Å². The molecule has 2 aliphatic rings. The van der Waals surface area contributed by atoms with Crippen molar-refractivity contribution in [1.29, 1.82) is 0 Å². The Morgan fingerprint density at radius 1 is 1.31 bits per heavy atom. The number of halogens is 3. The number of fused-ring (bicyclic) bond motifs is 1. The van der Waals surface area contributed by atoms with E-state index in [9.17, 15) is 26.4 Å². The van der Waals surface area contributed by atoms with E-state index in [0.29, 0.717) is 24.9 Å². The van der Waals surface area contributed by atoms with Crippen LogP contribution in [0.4, 0.5) is 13.2 Å². The molecule has 0 bridgehead atoms. The average molecular weight is 431 g/mol. The quantitative estimate of drug-likeness (QED) is 0.735. The lowest BCUT2D eigenvalue weighted by atomic mass is 9.95. The number of piperidine rings is 1. The number of amidine groups is 1. The number of hydrogen-bond acceptors (Lipinski definition) is 4. The van der Waals surface area contributed by atoms with E-state index in [4.69, 9.17) is 0 Å². The van der Waals surface area contributed by atoms with Crippen molar-refractivity contribution in [2.45, 2.75) is 37.8 Å². The molecule has 1 fully saturated rings.